The molecule has 0 aliphatic rings. The Morgan fingerprint density at radius 3 is 2.39 bits per heavy atom. The first-order valence-corrected chi connectivity index (χ1v) is 9.74. The molecule has 0 amide bonds. The molecule has 0 unspecified atom stereocenters. The minimum Gasteiger partial charge on any atom is -0.545 e. The Kier molecular flexibility index (Phi) is 4.77. The van der Waals surface area contributed by atoms with Crippen LogP contribution in [-0.2, 0) is 0 Å². The first-order valence-electron chi connectivity index (χ1n) is 8.94. The molecule has 4 nitrogen and oxygen atoms in total. The molecule has 4 rings (SSSR count). The molecule has 0 bridgehead atoms. The zero-order chi connectivity index (χ0) is 19.8. The van der Waals surface area contributed by atoms with E-state index in [4.69, 9.17) is 4.42 Å². The number of carbonyl (C=O) groups is 1. The van der Waals surface area contributed by atoms with Gasteiger partial charge in [-0.1, -0.05) is 54.0 Å². The standard InChI is InChI=1S/C23H18BrNO3/c1-13(2)14-3-5-15(6-4-14)21-9-10-22(28-21)20-12-18(23(26)27)17-11-16(24)7-8-19(17)25-20/h3-13H,1-2H3,(H,26,27)/p-1. The number of carbonyl (C=O) groups excluding carboxylic acids is 1. The van der Waals surface area contributed by atoms with Crippen molar-refractivity contribution in [3.8, 4) is 22.8 Å². The van der Waals surface area contributed by atoms with Crippen molar-refractivity contribution in [2.45, 2.75) is 19.8 Å². The Morgan fingerprint density at radius 1 is 1.00 bits per heavy atom. The van der Waals surface area contributed by atoms with Gasteiger partial charge in [0.05, 0.1) is 11.5 Å². The van der Waals surface area contributed by atoms with Crippen molar-refractivity contribution in [3.63, 3.8) is 0 Å². The molecule has 28 heavy (non-hydrogen) atoms. The molecule has 2 heterocycles. The summed E-state index contributed by atoms with van der Waals surface area (Å²) in [5.41, 5.74) is 3.33. The zero-order valence-electron chi connectivity index (χ0n) is 15.4. The first-order chi connectivity index (χ1) is 13.4. The fourth-order valence-corrected chi connectivity index (χ4v) is 3.52. The summed E-state index contributed by atoms with van der Waals surface area (Å²) in [5, 5.41) is 12.2. The molecule has 0 atom stereocenters. The molecule has 4 aromatic rings. The van der Waals surface area contributed by atoms with Gasteiger partial charge in [0.2, 0.25) is 0 Å². The minimum atomic E-state index is -1.25. The fraction of sp³-hybridized carbons (Fsp3) is 0.130. The maximum Gasteiger partial charge on any atom is 0.153 e. The molecule has 0 fully saturated rings. The topological polar surface area (TPSA) is 66.2 Å². The third-order valence-electron chi connectivity index (χ3n) is 4.71. The van der Waals surface area contributed by atoms with E-state index in [0.29, 0.717) is 34.0 Å². The van der Waals surface area contributed by atoms with Crippen LogP contribution >= 0.6 is 15.9 Å². The van der Waals surface area contributed by atoms with Gasteiger partial charge >= 0.3 is 0 Å². The molecule has 5 heteroatoms. The maximum absolute atomic E-state index is 11.6. The Bertz CT molecular complexity index is 1180. The predicted octanol–water partition coefficient (Wildman–Crippen LogP) is 5.41. The minimum absolute atomic E-state index is 0.0838. The van der Waals surface area contributed by atoms with E-state index >= 15 is 0 Å². The van der Waals surface area contributed by atoms with Gasteiger partial charge in [-0.25, -0.2) is 4.98 Å². The number of benzene rings is 2. The average molecular weight is 435 g/mol. The van der Waals surface area contributed by atoms with Crippen LogP contribution < -0.4 is 5.11 Å². The van der Waals surface area contributed by atoms with Crippen LogP contribution in [0.5, 0.6) is 0 Å². The monoisotopic (exact) mass is 434 g/mol. The summed E-state index contributed by atoms with van der Waals surface area (Å²) in [7, 11) is 0. The zero-order valence-corrected chi connectivity index (χ0v) is 17.0. The Labute approximate surface area is 171 Å². The highest BCUT2D eigenvalue weighted by molar-refractivity contribution is 9.10. The van der Waals surface area contributed by atoms with Crippen LogP contribution in [0.1, 0.15) is 35.7 Å². The molecule has 0 aliphatic carbocycles. The number of fused-ring (bicyclic) bond motifs is 1. The van der Waals surface area contributed by atoms with Gasteiger partial charge in [0, 0.05) is 21.0 Å². The van der Waals surface area contributed by atoms with E-state index in [2.05, 4.69) is 46.9 Å². The van der Waals surface area contributed by atoms with Crippen molar-refractivity contribution in [1.82, 2.24) is 4.98 Å². The third kappa shape index (κ3) is 3.45. The van der Waals surface area contributed by atoms with Crippen LogP contribution in [0.3, 0.4) is 0 Å². The van der Waals surface area contributed by atoms with Crippen molar-refractivity contribution < 1.29 is 14.3 Å². The van der Waals surface area contributed by atoms with Crippen molar-refractivity contribution in [1.29, 1.82) is 0 Å². The van der Waals surface area contributed by atoms with Crippen LogP contribution in [0.25, 0.3) is 33.7 Å². The average Bonchev–Trinajstić information content (AvgIpc) is 3.17. The van der Waals surface area contributed by atoms with Gasteiger partial charge in [-0.2, -0.15) is 0 Å². The number of rotatable bonds is 4. The van der Waals surface area contributed by atoms with Crippen molar-refractivity contribution in [3.05, 3.63) is 76.3 Å². The lowest BCUT2D eigenvalue weighted by Crippen LogP contribution is -2.22. The maximum atomic E-state index is 11.6. The molecule has 2 aromatic carbocycles. The number of carboxylic acids is 1. The Hall–Kier alpha value is -2.92. The summed E-state index contributed by atoms with van der Waals surface area (Å²) in [6.45, 7) is 4.30. The number of carboxylic acid groups (broad SMARTS) is 1. The molecule has 0 spiro atoms. The number of hydrogen-bond donors (Lipinski definition) is 0. The number of pyridine rings is 1. The van der Waals surface area contributed by atoms with Crippen molar-refractivity contribution >= 4 is 32.8 Å². The van der Waals surface area contributed by atoms with E-state index in [1.165, 1.54) is 11.6 Å². The van der Waals surface area contributed by atoms with Gasteiger partial charge in [0.15, 0.2) is 5.76 Å². The quantitative estimate of drug-likeness (QED) is 0.430. The smallest absolute Gasteiger partial charge is 0.153 e. The lowest BCUT2D eigenvalue weighted by molar-refractivity contribution is -0.254. The summed E-state index contributed by atoms with van der Waals surface area (Å²) >= 11 is 3.36. The number of furan rings is 1. The fourth-order valence-electron chi connectivity index (χ4n) is 3.16. The Morgan fingerprint density at radius 2 is 1.71 bits per heavy atom. The SMILES string of the molecule is CC(C)c1ccc(-c2ccc(-c3cc(C(=O)[O-])c4cc(Br)ccc4n3)o2)cc1. The highest BCUT2D eigenvalue weighted by Crippen LogP contribution is 2.31. The van der Waals surface area contributed by atoms with Gasteiger partial charge < -0.3 is 14.3 Å². The highest BCUT2D eigenvalue weighted by atomic mass is 79.9. The molecular formula is C23H17BrNO3-. The summed E-state index contributed by atoms with van der Waals surface area (Å²) < 4.78 is 6.76. The molecule has 0 radical (unpaired) electrons. The second-order valence-corrected chi connectivity index (χ2v) is 7.86. The van der Waals surface area contributed by atoms with Crippen LogP contribution in [0.4, 0.5) is 0 Å². The first kappa shape index (κ1) is 18.4. The van der Waals surface area contributed by atoms with E-state index in [-0.39, 0.29) is 5.56 Å². The van der Waals surface area contributed by atoms with Gasteiger partial charge in [0.25, 0.3) is 0 Å². The normalized spacial score (nSPS) is 11.3. The van der Waals surface area contributed by atoms with E-state index in [1.807, 2.05) is 24.3 Å². The summed E-state index contributed by atoms with van der Waals surface area (Å²) in [5.74, 6) is 0.433. The van der Waals surface area contributed by atoms with Gasteiger partial charge in [-0.3, -0.25) is 0 Å². The van der Waals surface area contributed by atoms with Crippen LogP contribution in [0, 0.1) is 0 Å². The van der Waals surface area contributed by atoms with Crippen molar-refractivity contribution in [2.75, 3.05) is 0 Å². The van der Waals surface area contributed by atoms with Gasteiger partial charge in [-0.15, -0.1) is 0 Å². The number of aromatic carboxylic acids is 1. The van der Waals surface area contributed by atoms with Crippen molar-refractivity contribution in [2.24, 2.45) is 0 Å². The van der Waals surface area contributed by atoms with E-state index in [0.717, 1.165) is 10.0 Å². The highest BCUT2D eigenvalue weighted by Gasteiger charge is 2.13. The molecule has 0 aliphatic heterocycles. The number of nitrogens with zero attached hydrogens (tertiary/aromatic N) is 1. The molecule has 0 saturated carbocycles. The van der Waals surface area contributed by atoms with E-state index in [1.54, 1.807) is 18.2 Å². The molecule has 140 valence electrons. The predicted molar refractivity (Wildman–Crippen MR) is 111 cm³/mol. The lowest BCUT2D eigenvalue weighted by Gasteiger charge is -2.10. The molecule has 0 N–H and O–H groups in total. The van der Waals surface area contributed by atoms with Gasteiger partial charge in [0.1, 0.15) is 11.5 Å². The van der Waals surface area contributed by atoms with Crippen LogP contribution in [0.15, 0.2) is 69.6 Å². The second-order valence-electron chi connectivity index (χ2n) is 6.94. The third-order valence-corrected chi connectivity index (χ3v) is 5.20. The van der Waals surface area contributed by atoms with Gasteiger partial charge in [-0.05, 0) is 47.9 Å². The lowest BCUT2D eigenvalue weighted by atomic mass is 10.0. The van der Waals surface area contributed by atoms with E-state index < -0.39 is 5.97 Å². The largest absolute Gasteiger partial charge is 0.545 e. The number of aromatic nitrogens is 1. The Balaban J connectivity index is 1.77. The molecular weight excluding hydrogens is 418 g/mol. The van der Waals surface area contributed by atoms with Crippen LogP contribution in [-0.4, -0.2) is 11.0 Å². The van der Waals surface area contributed by atoms with Crippen LogP contribution in [0.2, 0.25) is 0 Å². The number of hydrogen-bond acceptors (Lipinski definition) is 4. The summed E-state index contributed by atoms with van der Waals surface area (Å²) in [4.78, 5) is 16.2. The number of halogens is 1. The van der Waals surface area contributed by atoms with E-state index in [9.17, 15) is 9.90 Å². The molecule has 2 aromatic heterocycles. The summed E-state index contributed by atoms with van der Waals surface area (Å²) in [6.07, 6.45) is 0. The second kappa shape index (κ2) is 7.24. The molecule has 0 saturated heterocycles. The summed E-state index contributed by atoms with van der Waals surface area (Å²) in [6, 6.07) is 18.7.